The van der Waals surface area contributed by atoms with Gasteiger partial charge in [-0.2, -0.15) is 0 Å². The Kier molecular flexibility index (Phi) is 2.37. The molecular weight excluding hydrogens is 162 g/mol. The highest BCUT2D eigenvalue weighted by molar-refractivity contribution is 5.08. The highest BCUT2D eigenvalue weighted by Gasteiger charge is 2.55. The van der Waals surface area contributed by atoms with Gasteiger partial charge in [0.25, 0.3) is 0 Å². The summed E-state index contributed by atoms with van der Waals surface area (Å²) in [5, 5.41) is 0. The smallest absolute Gasteiger partial charge is 0.0664 e. The fourth-order valence-electron chi connectivity index (χ4n) is 3.02. The van der Waals surface area contributed by atoms with Crippen molar-refractivity contribution >= 4 is 0 Å². The van der Waals surface area contributed by atoms with Crippen LogP contribution in [-0.2, 0) is 4.74 Å². The fraction of sp³-hybridized carbons (Fsp3) is 1.00. The molecule has 0 aromatic carbocycles. The Labute approximate surface area is 80.8 Å². The van der Waals surface area contributed by atoms with Crippen LogP contribution in [0.2, 0.25) is 0 Å². The van der Waals surface area contributed by atoms with E-state index >= 15 is 0 Å². The van der Waals surface area contributed by atoms with Gasteiger partial charge in [0.2, 0.25) is 0 Å². The third-order valence-corrected chi connectivity index (χ3v) is 3.82. The quantitative estimate of drug-likeness (QED) is 0.711. The number of hydrogen-bond donors (Lipinski definition) is 1. The van der Waals surface area contributed by atoms with Gasteiger partial charge in [-0.05, 0) is 33.1 Å². The van der Waals surface area contributed by atoms with Crippen molar-refractivity contribution in [1.29, 1.82) is 0 Å². The first-order valence-electron chi connectivity index (χ1n) is 5.56. The maximum absolute atomic E-state index is 6.10. The molecule has 2 aliphatic carbocycles. The summed E-state index contributed by atoms with van der Waals surface area (Å²) in [6.45, 7) is 4.24. The maximum Gasteiger partial charge on any atom is 0.0664 e. The molecule has 0 saturated heterocycles. The van der Waals surface area contributed by atoms with Crippen molar-refractivity contribution in [3.63, 3.8) is 0 Å². The van der Waals surface area contributed by atoms with Crippen LogP contribution in [0.25, 0.3) is 0 Å². The van der Waals surface area contributed by atoms with Crippen molar-refractivity contribution in [2.75, 3.05) is 0 Å². The van der Waals surface area contributed by atoms with E-state index in [4.69, 9.17) is 10.5 Å². The highest BCUT2D eigenvalue weighted by Crippen LogP contribution is 2.53. The summed E-state index contributed by atoms with van der Waals surface area (Å²) in [5.74, 6) is 0. The van der Waals surface area contributed by atoms with Crippen LogP contribution in [0.4, 0.5) is 0 Å². The lowest BCUT2D eigenvalue weighted by Gasteiger charge is -2.53. The molecule has 2 aliphatic rings. The molecule has 2 fully saturated rings. The number of ether oxygens (including phenoxy) is 1. The number of rotatable bonds is 2. The lowest BCUT2D eigenvalue weighted by atomic mass is 9.61. The predicted octanol–water partition coefficient (Wildman–Crippen LogP) is 2.07. The monoisotopic (exact) mass is 183 g/mol. The van der Waals surface area contributed by atoms with Crippen molar-refractivity contribution < 1.29 is 4.74 Å². The Morgan fingerprint density at radius 3 is 2.38 bits per heavy atom. The Hall–Kier alpha value is -0.0800. The molecule has 2 N–H and O–H groups in total. The van der Waals surface area contributed by atoms with Crippen LogP contribution >= 0.6 is 0 Å². The molecule has 0 aliphatic heterocycles. The molecule has 0 aromatic rings. The average Bonchev–Trinajstić information content (AvgIpc) is 2.53. The largest absolute Gasteiger partial charge is 0.375 e. The first kappa shape index (κ1) is 9.47. The van der Waals surface area contributed by atoms with Crippen molar-refractivity contribution in [2.24, 2.45) is 11.1 Å². The standard InChI is InChI=1S/C11H21NO/c1-8(2)13-10-7-9(12)11(10)5-3-4-6-11/h8-10H,3-7,12H2,1-2H3. The topological polar surface area (TPSA) is 35.2 Å². The van der Waals surface area contributed by atoms with E-state index in [2.05, 4.69) is 13.8 Å². The summed E-state index contributed by atoms with van der Waals surface area (Å²) in [6, 6.07) is 0.416. The molecule has 2 rings (SSSR count). The Morgan fingerprint density at radius 2 is 1.92 bits per heavy atom. The molecule has 0 bridgehead atoms. The minimum Gasteiger partial charge on any atom is -0.375 e. The summed E-state index contributed by atoms with van der Waals surface area (Å²) in [6.07, 6.45) is 7.20. The Balaban J connectivity index is 1.99. The summed E-state index contributed by atoms with van der Waals surface area (Å²) in [5.41, 5.74) is 6.48. The Bertz CT molecular complexity index is 185. The van der Waals surface area contributed by atoms with E-state index in [1.807, 2.05) is 0 Å². The first-order valence-corrected chi connectivity index (χ1v) is 5.56. The molecule has 13 heavy (non-hydrogen) atoms. The third kappa shape index (κ3) is 1.40. The van der Waals surface area contributed by atoms with Gasteiger partial charge in [0.1, 0.15) is 0 Å². The molecule has 0 radical (unpaired) electrons. The molecule has 2 heteroatoms. The lowest BCUT2D eigenvalue weighted by Crippen LogP contribution is -2.61. The van der Waals surface area contributed by atoms with Gasteiger partial charge in [0, 0.05) is 11.5 Å². The SMILES string of the molecule is CC(C)OC1CC(N)C12CCCC2. The van der Waals surface area contributed by atoms with Crippen LogP contribution in [0, 0.1) is 5.41 Å². The molecule has 1 spiro atoms. The van der Waals surface area contributed by atoms with Crippen LogP contribution in [0.1, 0.15) is 46.0 Å². The van der Waals surface area contributed by atoms with E-state index < -0.39 is 0 Å². The molecule has 0 heterocycles. The van der Waals surface area contributed by atoms with Gasteiger partial charge in [-0.25, -0.2) is 0 Å². The summed E-state index contributed by atoms with van der Waals surface area (Å²) < 4.78 is 5.91. The highest BCUT2D eigenvalue weighted by atomic mass is 16.5. The van der Waals surface area contributed by atoms with Crippen molar-refractivity contribution in [2.45, 2.75) is 64.2 Å². The van der Waals surface area contributed by atoms with Gasteiger partial charge in [-0.1, -0.05) is 12.8 Å². The molecule has 2 nitrogen and oxygen atoms in total. The summed E-state index contributed by atoms with van der Waals surface area (Å²) in [4.78, 5) is 0. The fourth-order valence-corrected chi connectivity index (χ4v) is 3.02. The van der Waals surface area contributed by atoms with Gasteiger partial charge in [0.15, 0.2) is 0 Å². The summed E-state index contributed by atoms with van der Waals surface area (Å²) >= 11 is 0. The zero-order valence-electron chi connectivity index (χ0n) is 8.75. The van der Waals surface area contributed by atoms with E-state index in [0.29, 0.717) is 23.7 Å². The Morgan fingerprint density at radius 1 is 1.31 bits per heavy atom. The molecule has 0 amide bonds. The minimum absolute atomic E-state index is 0.356. The predicted molar refractivity (Wildman–Crippen MR) is 53.5 cm³/mol. The average molecular weight is 183 g/mol. The third-order valence-electron chi connectivity index (χ3n) is 3.82. The van der Waals surface area contributed by atoms with Crippen molar-refractivity contribution in [3.05, 3.63) is 0 Å². The van der Waals surface area contributed by atoms with E-state index in [-0.39, 0.29) is 0 Å². The van der Waals surface area contributed by atoms with E-state index in [0.717, 1.165) is 6.42 Å². The van der Waals surface area contributed by atoms with E-state index in [9.17, 15) is 0 Å². The van der Waals surface area contributed by atoms with E-state index in [1.54, 1.807) is 0 Å². The van der Waals surface area contributed by atoms with Gasteiger partial charge in [0.05, 0.1) is 12.2 Å². The summed E-state index contributed by atoms with van der Waals surface area (Å²) in [7, 11) is 0. The van der Waals surface area contributed by atoms with Crippen LogP contribution in [-0.4, -0.2) is 18.2 Å². The number of nitrogens with two attached hydrogens (primary N) is 1. The molecule has 0 aromatic heterocycles. The zero-order valence-corrected chi connectivity index (χ0v) is 8.75. The van der Waals surface area contributed by atoms with Crippen LogP contribution in [0.15, 0.2) is 0 Å². The van der Waals surface area contributed by atoms with Gasteiger partial charge in [-0.3, -0.25) is 0 Å². The second-order valence-corrected chi connectivity index (χ2v) is 4.96. The second kappa shape index (κ2) is 3.25. The van der Waals surface area contributed by atoms with E-state index in [1.165, 1.54) is 25.7 Å². The normalized spacial score (nSPS) is 36.9. The maximum atomic E-state index is 6.10. The molecule has 2 saturated carbocycles. The molecule has 2 atom stereocenters. The van der Waals surface area contributed by atoms with Crippen LogP contribution in [0.5, 0.6) is 0 Å². The second-order valence-electron chi connectivity index (χ2n) is 4.96. The molecule has 2 unspecified atom stereocenters. The van der Waals surface area contributed by atoms with Crippen LogP contribution in [0.3, 0.4) is 0 Å². The first-order chi connectivity index (χ1) is 6.15. The van der Waals surface area contributed by atoms with Crippen molar-refractivity contribution in [3.8, 4) is 0 Å². The van der Waals surface area contributed by atoms with Gasteiger partial charge < -0.3 is 10.5 Å². The molecule has 76 valence electrons. The lowest BCUT2D eigenvalue weighted by molar-refractivity contribution is -0.144. The van der Waals surface area contributed by atoms with Gasteiger partial charge >= 0.3 is 0 Å². The van der Waals surface area contributed by atoms with Crippen molar-refractivity contribution in [1.82, 2.24) is 0 Å². The zero-order chi connectivity index (χ0) is 9.47. The van der Waals surface area contributed by atoms with Crippen LogP contribution < -0.4 is 5.73 Å². The number of hydrogen-bond acceptors (Lipinski definition) is 2. The van der Waals surface area contributed by atoms with Gasteiger partial charge in [-0.15, -0.1) is 0 Å². The molecular formula is C11H21NO. The minimum atomic E-state index is 0.356.